The van der Waals surface area contributed by atoms with Gasteiger partial charge in [0.25, 0.3) is 0 Å². The van der Waals surface area contributed by atoms with E-state index >= 15 is 0 Å². The van der Waals surface area contributed by atoms with Crippen LogP contribution in [0.15, 0.2) is 41.7 Å². The van der Waals surface area contributed by atoms with Crippen LogP contribution in [-0.4, -0.2) is 8.80 Å². The summed E-state index contributed by atoms with van der Waals surface area (Å²) < 4.78 is 0. The van der Waals surface area contributed by atoms with Crippen LogP contribution in [-0.2, 0) is 0 Å². The van der Waals surface area contributed by atoms with E-state index in [1.807, 2.05) is 5.56 Å². The van der Waals surface area contributed by atoms with Crippen LogP contribution in [0.4, 0.5) is 0 Å². The zero-order chi connectivity index (χ0) is 15.5. The van der Waals surface area contributed by atoms with Crippen LogP contribution < -0.4 is 5.19 Å². The minimum absolute atomic E-state index is 0.589. The van der Waals surface area contributed by atoms with Crippen LogP contribution in [0, 0.1) is 0 Å². The van der Waals surface area contributed by atoms with Gasteiger partial charge in [0, 0.05) is 0 Å². The molecule has 1 heterocycles. The summed E-state index contributed by atoms with van der Waals surface area (Å²) in [6.07, 6.45) is 18.9. The topological polar surface area (TPSA) is 0 Å². The van der Waals surface area contributed by atoms with Gasteiger partial charge < -0.3 is 0 Å². The Morgan fingerprint density at radius 3 is 1.96 bits per heavy atom. The fraction of sp³-hybridized carbons (Fsp3) is 0.545. The molecule has 1 aliphatic heterocycles. The Hall–Kier alpha value is -1.08. The number of hydrogen-bond acceptors (Lipinski definition) is 0. The fourth-order valence-corrected chi connectivity index (χ4v) is 7.06. The molecule has 1 heteroatoms. The molecule has 0 aromatic heterocycles. The van der Waals surface area contributed by atoms with Gasteiger partial charge in [0.15, 0.2) is 0 Å². The van der Waals surface area contributed by atoms with E-state index in [0.717, 1.165) is 11.8 Å². The molecular formula is C22H29Si. The van der Waals surface area contributed by atoms with E-state index in [-0.39, 0.29) is 0 Å². The maximum absolute atomic E-state index is 2.49. The van der Waals surface area contributed by atoms with E-state index in [1.165, 1.54) is 64.2 Å². The fourth-order valence-electron chi connectivity index (χ4n) is 5.00. The van der Waals surface area contributed by atoms with Gasteiger partial charge in [-0.05, 0) is 53.8 Å². The zero-order valence-electron chi connectivity index (χ0n) is 14.3. The molecule has 2 fully saturated rings. The van der Waals surface area contributed by atoms with Crippen molar-refractivity contribution in [1.29, 1.82) is 0 Å². The number of benzene rings is 1. The van der Waals surface area contributed by atoms with Crippen LogP contribution in [0.5, 0.6) is 0 Å². The first-order chi connectivity index (χ1) is 11.4. The highest BCUT2D eigenvalue weighted by Gasteiger charge is 2.28. The third kappa shape index (κ3) is 3.26. The quantitative estimate of drug-likeness (QED) is 0.628. The minimum Gasteiger partial charge on any atom is -0.0877 e. The third-order valence-corrected chi connectivity index (χ3v) is 8.33. The molecule has 0 N–H and O–H groups in total. The third-order valence-electron chi connectivity index (χ3n) is 6.17. The van der Waals surface area contributed by atoms with Gasteiger partial charge in [0.05, 0.1) is 0 Å². The Morgan fingerprint density at radius 1 is 0.696 bits per heavy atom. The van der Waals surface area contributed by atoms with Crippen LogP contribution in [0.2, 0.25) is 0 Å². The predicted molar refractivity (Wildman–Crippen MR) is 102 cm³/mol. The van der Waals surface area contributed by atoms with Crippen molar-refractivity contribution in [3.63, 3.8) is 0 Å². The maximum atomic E-state index is 2.49. The average molecular weight is 322 g/mol. The number of allylic oxidation sites excluding steroid dienone is 2. The lowest BCUT2D eigenvalue weighted by Crippen LogP contribution is -2.32. The van der Waals surface area contributed by atoms with Crippen LogP contribution in [0.3, 0.4) is 0 Å². The SMILES string of the molecule is C1=C[Si](c2cccc(C3CCCCC3)c2C2CCCCC2)C=C1. The van der Waals surface area contributed by atoms with Crippen molar-refractivity contribution in [3.05, 3.63) is 52.9 Å². The van der Waals surface area contributed by atoms with E-state index in [0.29, 0.717) is 0 Å². The van der Waals surface area contributed by atoms with Crippen LogP contribution in [0.1, 0.15) is 87.2 Å². The summed E-state index contributed by atoms with van der Waals surface area (Å²) in [6.45, 7) is 0. The van der Waals surface area contributed by atoms with E-state index in [4.69, 9.17) is 0 Å². The van der Waals surface area contributed by atoms with Gasteiger partial charge >= 0.3 is 0 Å². The molecule has 121 valence electrons. The van der Waals surface area contributed by atoms with Crippen LogP contribution >= 0.6 is 0 Å². The Kier molecular flexibility index (Phi) is 4.84. The molecule has 2 saturated carbocycles. The first kappa shape index (κ1) is 15.4. The van der Waals surface area contributed by atoms with E-state index in [2.05, 4.69) is 41.7 Å². The summed E-state index contributed by atoms with van der Waals surface area (Å²) in [4.78, 5) is 0. The predicted octanol–water partition coefficient (Wildman–Crippen LogP) is 5.69. The standard InChI is InChI=1S/C22H29Si/c1-3-10-18(11-4-1)20-14-9-15-21(23-16-7-8-17-23)22(20)19-12-5-2-6-13-19/h7-9,14-19H,1-6,10-13H2. The van der Waals surface area contributed by atoms with Crippen LogP contribution in [0.25, 0.3) is 0 Å². The number of hydrogen-bond donors (Lipinski definition) is 0. The lowest BCUT2D eigenvalue weighted by atomic mass is 9.76. The molecule has 0 amide bonds. The zero-order valence-corrected chi connectivity index (χ0v) is 15.3. The second-order valence-electron chi connectivity index (χ2n) is 7.65. The molecule has 0 unspecified atom stereocenters. The molecule has 0 nitrogen and oxygen atoms in total. The lowest BCUT2D eigenvalue weighted by Gasteiger charge is -2.32. The molecule has 23 heavy (non-hydrogen) atoms. The first-order valence-corrected chi connectivity index (χ1v) is 11.4. The second-order valence-corrected chi connectivity index (χ2v) is 9.77. The monoisotopic (exact) mass is 321 g/mol. The van der Waals surface area contributed by atoms with Gasteiger partial charge in [-0.1, -0.05) is 80.3 Å². The summed E-state index contributed by atoms with van der Waals surface area (Å²) in [5.74, 6) is 1.69. The molecule has 0 spiro atoms. The summed E-state index contributed by atoms with van der Waals surface area (Å²) in [6, 6.07) is 7.32. The van der Waals surface area contributed by atoms with Crippen molar-refractivity contribution < 1.29 is 0 Å². The Balaban J connectivity index is 1.75. The molecule has 4 rings (SSSR count). The minimum atomic E-state index is -0.589. The average Bonchev–Trinajstić information content (AvgIpc) is 3.17. The van der Waals surface area contributed by atoms with Crippen molar-refractivity contribution in [3.8, 4) is 0 Å². The van der Waals surface area contributed by atoms with Gasteiger partial charge in [-0.3, -0.25) is 0 Å². The number of rotatable bonds is 3. The highest BCUT2D eigenvalue weighted by atomic mass is 28.3. The lowest BCUT2D eigenvalue weighted by molar-refractivity contribution is 0.420. The molecule has 2 aliphatic carbocycles. The van der Waals surface area contributed by atoms with Crippen molar-refractivity contribution in [1.82, 2.24) is 0 Å². The largest absolute Gasteiger partial charge is 0.139 e. The molecule has 0 saturated heterocycles. The van der Waals surface area contributed by atoms with Gasteiger partial charge in [0.1, 0.15) is 8.80 Å². The maximum Gasteiger partial charge on any atom is 0.139 e. The second kappa shape index (κ2) is 7.21. The highest BCUT2D eigenvalue weighted by molar-refractivity contribution is 6.83. The first-order valence-electron chi connectivity index (χ1n) is 9.78. The molecular weight excluding hydrogens is 292 g/mol. The van der Waals surface area contributed by atoms with Gasteiger partial charge in [-0.15, -0.1) is 0 Å². The summed E-state index contributed by atoms with van der Waals surface area (Å²) in [5, 5.41) is 1.72. The molecule has 0 atom stereocenters. The van der Waals surface area contributed by atoms with E-state index in [9.17, 15) is 0 Å². The van der Waals surface area contributed by atoms with Gasteiger partial charge in [-0.2, -0.15) is 0 Å². The normalized spacial score (nSPS) is 23.7. The Labute approximate surface area is 143 Å². The summed E-state index contributed by atoms with van der Waals surface area (Å²) >= 11 is 0. The van der Waals surface area contributed by atoms with Gasteiger partial charge in [-0.25, -0.2) is 0 Å². The molecule has 1 aromatic carbocycles. The van der Waals surface area contributed by atoms with Crippen molar-refractivity contribution in [2.75, 3.05) is 0 Å². The molecule has 3 aliphatic rings. The van der Waals surface area contributed by atoms with E-state index < -0.39 is 8.80 Å². The molecule has 0 bridgehead atoms. The van der Waals surface area contributed by atoms with Crippen molar-refractivity contribution in [2.24, 2.45) is 0 Å². The Morgan fingerprint density at radius 2 is 1.30 bits per heavy atom. The molecule has 1 aromatic rings. The Bertz CT molecular complexity index is 574. The van der Waals surface area contributed by atoms with Crippen molar-refractivity contribution >= 4 is 14.0 Å². The van der Waals surface area contributed by atoms with Gasteiger partial charge in [0.2, 0.25) is 0 Å². The van der Waals surface area contributed by atoms with E-state index in [1.54, 1.807) is 10.8 Å². The smallest absolute Gasteiger partial charge is 0.0877 e. The molecule has 1 radical (unpaired) electrons. The summed E-state index contributed by atoms with van der Waals surface area (Å²) in [7, 11) is -0.589. The highest BCUT2D eigenvalue weighted by Crippen LogP contribution is 2.40. The summed E-state index contributed by atoms with van der Waals surface area (Å²) in [5.41, 5.74) is 8.53. The van der Waals surface area contributed by atoms with Crippen molar-refractivity contribution in [2.45, 2.75) is 76.0 Å².